The zero-order valence-electron chi connectivity index (χ0n) is 18.0. The highest BCUT2D eigenvalue weighted by molar-refractivity contribution is 14.0. The maximum Gasteiger partial charge on any atom is 0.194 e. The number of aromatic nitrogens is 1. The SMILES string of the molecule is CCNC(=NCc1cccnc1N(C)C)N1CC(C)OC(c2ccc(F)cc2)C1.I. The molecule has 2 aromatic rings. The van der Waals surface area contributed by atoms with E-state index in [0.717, 1.165) is 36.0 Å². The van der Waals surface area contributed by atoms with E-state index in [-0.39, 0.29) is 42.0 Å². The Morgan fingerprint density at radius 1 is 1.27 bits per heavy atom. The summed E-state index contributed by atoms with van der Waals surface area (Å²) in [5.41, 5.74) is 2.05. The number of guanidine groups is 1. The van der Waals surface area contributed by atoms with E-state index < -0.39 is 0 Å². The first-order chi connectivity index (χ1) is 14.0. The topological polar surface area (TPSA) is 53.0 Å². The Kier molecular flexibility index (Phi) is 9.29. The number of hydrogen-bond donors (Lipinski definition) is 1. The number of anilines is 1. The molecule has 0 radical (unpaired) electrons. The minimum atomic E-state index is -0.238. The first kappa shape index (κ1) is 24.3. The number of aliphatic imine (C=N–C) groups is 1. The summed E-state index contributed by atoms with van der Waals surface area (Å²) in [6, 6.07) is 10.5. The Balaban J connectivity index is 0.00000320. The van der Waals surface area contributed by atoms with Gasteiger partial charge in [0.15, 0.2) is 5.96 Å². The van der Waals surface area contributed by atoms with Crippen molar-refractivity contribution in [3.8, 4) is 0 Å². The van der Waals surface area contributed by atoms with Crippen LogP contribution in [0.3, 0.4) is 0 Å². The summed E-state index contributed by atoms with van der Waals surface area (Å²) in [6.07, 6.45) is 1.71. The van der Waals surface area contributed by atoms with Gasteiger partial charge in [-0.3, -0.25) is 0 Å². The predicted octanol–water partition coefficient (Wildman–Crippen LogP) is 3.83. The summed E-state index contributed by atoms with van der Waals surface area (Å²) in [7, 11) is 3.97. The Morgan fingerprint density at radius 3 is 2.67 bits per heavy atom. The fraction of sp³-hybridized carbons (Fsp3) is 0.455. The molecule has 1 fully saturated rings. The monoisotopic (exact) mass is 527 g/mol. The number of nitrogens with one attached hydrogen (secondary N) is 1. The van der Waals surface area contributed by atoms with E-state index in [1.807, 2.05) is 25.1 Å². The molecular weight excluding hydrogens is 496 g/mol. The van der Waals surface area contributed by atoms with Crippen molar-refractivity contribution in [1.29, 1.82) is 0 Å². The number of morpholine rings is 1. The maximum absolute atomic E-state index is 13.3. The van der Waals surface area contributed by atoms with Crippen LogP contribution in [0.4, 0.5) is 10.2 Å². The van der Waals surface area contributed by atoms with Gasteiger partial charge in [-0.25, -0.2) is 14.4 Å². The molecule has 2 unspecified atom stereocenters. The van der Waals surface area contributed by atoms with Gasteiger partial charge in [0.2, 0.25) is 0 Å². The van der Waals surface area contributed by atoms with Gasteiger partial charge in [-0.2, -0.15) is 0 Å². The molecule has 2 heterocycles. The molecule has 0 saturated carbocycles. The minimum absolute atomic E-state index is 0. The van der Waals surface area contributed by atoms with Gasteiger partial charge in [-0.1, -0.05) is 18.2 Å². The lowest BCUT2D eigenvalue weighted by atomic mass is 10.1. The molecule has 0 amide bonds. The lowest BCUT2D eigenvalue weighted by Gasteiger charge is -2.38. The van der Waals surface area contributed by atoms with Crippen molar-refractivity contribution in [1.82, 2.24) is 15.2 Å². The third-order valence-corrected chi connectivity index (χ3v) is 4.83. The molecule has 0 aliphatic carbocycles. The van der Waals surface area contributed by atoms with Gasteiger partial charge < -0.3 is 19.9 Å². The number of rotatable bonds is 5. The highest BCUT2D eigenvalue weighted by Gasteiger charge is 2.28. The third-order valence-electron chi connectivity index (χ3n) is 4.83. The van der Waals surface area contributed by atoms with Crippen molar-refractivity contribution in [3.05, 3.63) is 59.5 Å². The van der Waals surface area contributed by atoms with E-state index in [9.17, 15) is 4.39 Å². The molecule has 6 nitrogen and oxygen atoms in total. The second-order valence-electron chi connectivity index (χ2n) is 7.44. The lowest BCUT2D eigenvalue weighted by molar-refractivity contribution is -0.0605. The van der Waals surface area contributed by atoms with Gasteiger partial charge in [0, 0.05) is 38.9 Å². The first-order valence-corrected chi connectivity index (χ1v) is 10.0. The molecular formula is C22H31FIN5O. The van der Waals surface area contributed by atoms with Crippen molar-refractivity contribution in [2.45, 2.75) is 32.6 Å². The van der Waals surface area contributed by atoms with Crippen molar-refractivity contribution in [2.24, 2.45) is 4.99 Å². The van der Waals surface area contributed by atoms with Crippen LogP contribution in [0.15, 0.2) is 47.6 Å². The molecule has 1 aromatic carbocycles. The van der Waals surface area contributed by atoms with Crippen LogP contribution in [0.5, 0.6) is 0 Å². The van der Waals surface area contributed by atoms with Gasteiger partial charge in [-0.05, 0) is 37.6 Å². The van der Waals surface area contributed by atoms with Crippen LogP contribution >= 0.6 is 24.0 Å². The smallest absolute Gasteiger partial charge is 0.194 e. The molecule has 0 bridgehead atoms. The number of ether oxygens (including phenoxy) is 1. The minimum Gasteiger partial charge on any atom is -0.367 e. The molecule has 0 spiro atoms. The number of pyridine rings is 1. The summed E-state index contributed by atoms with van der Waals surface area (Å²) in [4.78, 5) is 13.6. The lowest BCUT2D eigenvalue weighted by Crippen LogP contribution is -2.50. The van der Waals surface area contributed by atoms with Gasteiger partial charge in [0.05, 0.1) is 19.2 Å². The third kappa shape index (κ3) is 6.28. The van der Waals surface area contributed by atoms with Crippen molar-refractivity contribution in [2.75, 3.05) is 38.6 Å². The Hall–Kier alpha value is -1.94. The summed E-state index contributed by atoms with van der Waals surface area (Å²) in [5.74, 6) is 1.53. The molecule has 2 atom stereocenters. The summed E-state index contributed by atoms with van der Waals surface area (Å²) >= 11 is 0. The molecule has 1 aliphatic rings. The van der Waals surface area contributed by atoms with E-state index >= 15 is 0 Å². The zero-order chi connectivity index (χ0) is 20.8. The quantitative estimate of drug-likeness (QED) is 0.364. The van der Waals surface area contributed by atoms with Crippen molar-refractivity contribution in [3.63, 3.8) is 0 Å². The van der Waals surface area contributed by atoms with E-state index in [4.69, 9.17) is 9.73 Å². The fourth-order valence-electron chi connectivity index (χ4n) is 3.53. The molecule has 30 heavy (non-hydrogen) atoms. The van der Waals surface area contributed by atoms with Gasteiger partial charge in [-0.15, -0.1) is 24.0 Å². The molecule has 1 aliphatic heterocycles. The summed E-state index contributed by atoms with van der Waals surface area (Å²) < 4.78 is 19.4. The van der Waals surface area contributed by atoms with Crippen LogP contribution in [-0.2, 0) is 11.3 Å². The Bertz CT molecular complexity index is 831. The fourth-order valence-corrected chi connectivity index (χ4v) is 3.53. The number of halogens is 2. The van der Waals surface area contributed by atoms with Crippen molar-refractivity contribution >= 4 is 35.8 Å². The molecule has 1 N–H and O–H groups in total. The zero-order valence-corrected chi connectivity index (χ0v) is 20.3. The van der Waals surface area contributed by atoms with Crippen LogP contribution in [0.1, 0.15) is 31.1 Å². The van der Waals surface area contributed by atoms with E-state index in [2.05, 4.69) is 35.1 Å². The second kappa shape index (κ2) is 11.5. The van der Waals surface area contributed by atoms with Crippen LogP contribution < -0.4 is 10.2 Å². The van der Waals surface area contributed by atoms with Crippen LogP contribution in [-0.4, -0.2) is 55.7 Å². The maximum atomic E-state index is 13.3. The normalized spacial score (nSPS) is 19.2. The summed E-state index contributed by atoms with van der Waals surface area (Å²) in [5, 5.41) is 3.40. The average molecular weight is 527 g/mol. The van der Waals surface area contributed by atoms with E-state index in [1.54, 1.807) is 18.3 Å². The van der Waals surface area contributed by atoms with Gasteiger partial charge in [0.1, 0.15) is 17.7 Å². The molecule has 1 saturated heterocycles. The van der Waals surface area contributed by atoms with Gasteiger partial charge in [0.25, 0.3) is 0 Å². The van der Waals surface area contributed by atoms with Crippen molar-refractivity contribution < 1.29 is 9.13 Å². The Morgan fingerprint density at radius 2 is 2.00 bits per heavy atom. The molecule has 1 aromatic heterocycles. The predicted molar refractivity (Wildman–Crippen MR) is 130 cm³/mol. The van der Waals surface area contributed by atoms with Gasteiger partial charge >= 0.3 is 0 Å². The number of hydrogen-bond acceptors (Lipinski definition) is 4. The first-order valence-electron chi connectivity index (χ1n) is 10.0. The second-order valence-corrected chi connectivity index (χ2v) is 7.44. The number of nitrogens with zero attached hydrogens (tertiary/aromatic N) is 4. The molecule has 3 rings (SSSR count). The Labute approximate surface area is 195 Å². The largest absolute Gasteiger partial charge is 0.367 e. The van der Waals surface area contributed by atoms with Crippen LogP contribution in [0.25, 0.3) is 0 Å². The van der Waals surface area contributed by atoms with E-state index in [0.29, 0.717) is 13.1 Å². The molecule has 8 heteroatoms. The highest BCUT2D eigenvalue weighted by Crippen LogP contribution is 2.26. The standard InChI is InChI=1S/C22H30FN5O.HI/c1-5-24-22(26-13-18-7-6-12-25-21(18)27(3)4)28-14-16(2)29-20(15-28)17-8-10-19(23)11-9-17;/h6-12,16,20H,5,13-15H2,1-4H3,(H,24,26);1H. The molecule has 164 valence electrons. The highest BCUT2D eigenvalue weighted by atomic mass is 127. The number of benzene rings is 1. The van der Waals surface area contributed by atoms with Crippen LogP contribution in [0, 0.1) is 5.82 Å². The summed E-state index contributed by atoms with van der Waals surface area (Å²) in [6.45, 7) is 6.84. The van der Waals surface area contributed by atoms with E-state index in [1.165, 1.54) is 12.1 Å². The van der Waals surface area contributed by atoms with Crippen LogP contribution in [0.2, 0.25) is 0 Å². The average Bonchev–Trinajstić information content (AvgIpc) is 2.71.